The van der Waals surface area contributed by atoms with E-state index in [1.54, 1.807) is 0 Å². The first-order valence-electron chi connectivity index (χ1n) is 23.6. The van der Waals surface area contributed by atoms with Crippen LogP contribution in [0.5, 0.6) is 0 Å². The molecule has 2 heterocycles. The molecule has 0 N–H and O–H groups in total. The molecule has 0 unspecified atom stereocenters. The van der Waals surface area contributed by atoms with Crippen LogP contribution in [0.25, 0.3) is 105 Å². The van der Waals surface area contributed by atoms with Crippen LogP contribution in [0.2, 0.25) is 0 Å². The van der Waals surface area contributed by atoms with Crippen molar-refractivity contribution < 1.29 is 4.42 Å². The van der Waals surface area contributed by atoms with Crippen LogP contribution in [0.3, 0.4) is 0 Å². The fourth-order valence-electron chi connectivity index (χ4n) is 10.3. The van der Waals surface area contributed by atoms with Crippen molar-refractivity contribution in [2.75, 3.05) is 4.90 Å². The maximum atomic E-state index is 6.55. The lowest BCUT2D eigenvalue weighted by Gasteiger charge is -2.28. The maximum absolute atomic E-state index is 6.55. The highest BCUT2D eigenvalue weighted by Crippen LogP contribution is 2.44. The topological polar surface area (TPSA) is 21.3 Å². The molecule has 3 heteroatoms. The van der Waals surface area contributed by atoms with Crippen molar-refractivity contribution in [1.29, 1.82) is 0 Å². The van der Waals surface area contributed by atoms with Crippen molar-refractivity contribution in [2.45, 2.75) is 0 Å². The molecular weight excluding hydrogens is 837 g/mol. The summed E-state index contributed by atoms with van der Waals surface area (Å²) in [5.41, 5.74) is 20.1. The first kappa shape index (κ1) is 40.1. The van der Waals surface area contributed by atoms with Crippen LogP contribution < -0.4 is 4.90 Å². The van der Waals surface area contributed by atoms with Gasteiger partial charge >= 0.3 is 0 Å². The van der Waals surface area contributed by atoms with Crippen LogP contribution in [-0.2, 0) is 0 Å². The van der Waals surface area contributed by atoms with Crippen LogP contribution in [0, 0.1) is 0 Å². The predicted molar refractivity (Wildman–Crippen MR) is 290 cm³/mol. The smallest absolute Gasteiger partial charge is 0.143 e. The monoisotopic (exact) mass is 880 g/mol. The molecule has 69 heavy (non-hydrogen) atoms. The van der Waals surface area contributed by atoms with Gasteiger partial charge in [-0.05, 0) is 93.5 Å². The molecule has 13 rings (SSSR count). The number of aromatic nitrogens is 1. The van der Waals surface area contributed by atoms with Gasteiger partial charge in [-0.1, -0.05) is 212 Å². The van der Waals surface area contributed by atoms with Crippen LogP contribution >= 0.6 is 0 Å². The van der Waals surface area contributed by atoms with Gasteiger partial charge in [-0.3, -0.25) is 0 Å². The van der Waals surface area contributed by atoms with E-state index >= 15 is 0 Å². The number of fused-ring (bicyclic) bond motifs is 6. The van der Waals surface area contributed by atoms with E-state index in [1.807, 2.05) is 12.1 Å². The second kappa shape index (κ2) is 16.9. The lowest BCUT2D eigenvalue weighted by molar-refractivity contribution is 0.670. The Morgan fingerprint density at radius 1 is 0.290 bits per heavy atom. The Morgan fingerprint density at radius 3 is 1.48 bits per heavy atom. The molecule has 0 bridgehead atoms. The van der Waals surface area contributed by atoms with Crippen LogP contribution in [0.4, 0.5) is 17.1 Å². The summed E-state index contributed by atoms with van der Waals surface area (Å²) in [5.74, 6) is 0. The van der Waals surface area contributed by atoms with E-state index in [9.17, 15) is 0 Å². The van der Waals surface area contributed by atoms with Gasteiger partial charge in [-0.25, -0.2) is 0 Å². The molecule has 3 nitrogen and oxygen atoms in total. The largest absolute Gasteiger partial charge is 0.455 e. The number of anilines is 3. The van der Waals surface area contributed by atoms with Crippen molar-refractivity contribution in [2.24, 2.45) is 0 Å². The highest BCUT2D eigenvalue weighted by atomic mass is 16.3. The number of hydrogen-bond donors (Lipinski definition) is 0. The van der Waals surface area contributed by atoms with Gasteiger partial charge in [0.1, 0.15) is 11.2 Å². The van der Waals surface area contributed by atoms with Crippen molar-refractivity contribution in [3.63, 3.8) is 0 Å². The standard InChI is InChI=1S/C66H44N2O/c1-2-16-45(17-3-1)46-32-36-49(37-33-46)54-20-4-9-27-61(54)67(53-19-14-18-51(44-53)56-25-15-26-60-59-24-8-13-31-65(59)69-66(56)60)52-42-40-48(41-43-52)47-34-38-50(39-35-47)55-21-5-10-28-62(55)68-63-29-11-6-22-57(63)58-23-7-12-30-64(58)68/h1-44H. The molecule has 2 aromatic heterocycles. The van der Waals surface area contributed by atoms with E-state index in [0.29, 0.717) is 0 Å². The zero-order valence-corrected chi connectivity index (χ0v) is 37.7. The minimum absolute atomic E-state index is 0.892. The van der Waals surface area contributed by atoms with E-state index in [0.717, 1.165) is 78.1 Å². The molecule has 0 aliphatic heterocycles. The van der Waals surface area contributed by atoms with Gasteiger partial charge in [-0.2, -0.15) is 0 Å². The summed E-state index contributed by atoms with van der Waals surface area (Å²) in [5, 5.41) is 4.76. The maximum Gasteiger partial charge on any atom is 0.143 e. The molecule has 0 radical (unpaired) electrons. The normalized spacial score (nSPS) is 11.5. The van der Waals surface area contributed by atoms with Gasteiger partial charge < -0.3 is 13.9 Å². The van der Waals surface area contributed by atoms with E-state index in [4.69, 9.17) is 4.42 Å². The van der Waals surface area contributed by atoms with Crippen LogP contribution in [0.1, 0.15) is 0 Å². The molecule has 0 fully saturated rings. The molecular formula is C66H44N2O. The Bertz CT molecular complexity index is 3940. The number of rotatable bonds is 9. The zero-order valence-electron chi connectivity index (χ0n) is 37.7. The van der Waals surface area contributed by atoms with E-state index in [1.165, 1.54) is 44.1 Å². The molecule has 0 aliphatic rings. The zero-order chi connectivity index (χ0) is 45.7. The van der Waals surface area contributed by atoms with Crippen LogP contribution in [-0.4, -0.2) is 4.57 Å². The number of benzene rings is 11. The third-order valence-electron chi connectivity index (χ3n) is 13.6. The number of furan rings is 1. The van der Waals surface area contributed by atoms with E-state index in [-0.39, 0.29) is 0 Å². The van der Waals surface area contributed by atoms with Gasteiger partial charge in [0, 0.05) is 49.6 Å². The summed E-state index contributed by atoms with van der Waals surface area (Å²) >= 11 is 0. The first-order valence-corrected chi connectivity index (χ1v) is 23.6. The minimum Gasteiger partial charge on any atom is -0.455 e. The quantitative estimate of drug-likeness (QED) is 0.144. The van der Waals surface area contributed by atoms with Gasteiger partial charge in [0.15, 0.2) is 0 Å². The minimum atomic E-state index is 0.892. The predicted octanol–water partition coefficient (Wildman–Crippen LogP) is 18.5. The lowest BCUT2D eigenvalue weighted by Crippen LogP contribution is -2.11. The second-order valence-electron chi connectivity index (χ2n) is 17.6. The van der Waals surface area contributed by atoms with E-state index < -0.39 is 0 Å². The number of hydrogen-bond acceptors (Lipinski definition) is 2. The fourth-order valence-corrected chi connectivity index (χ4v) is 10.3. The van der Waals surface area contributed by atoms with Gasteiger partial charge in [0.05, 0.1) is 22.4 Å². The molecule has 0 atom stereocenters. The third-order valence-corrected chi connectivity index (χ3v) is 13.6. The fraction of sp³-hybridized carbons (Fsp3) is 0. The van der Waals surface area contributed by atoms with Crippen LogP contribution in [0.15, 0.2) is 271 Å². The molecule has 0 aliphatic carbocycles. The molecule has 0 amide bonds. The van der Waals surface area contributed by atoms with E-state index in [2.05, 4.69) is 264 Å². The number of nitrogens with zero attached hydrogens (tertiary/aromatic N) is 2. The number of para-hydroxylation sites is 6. The Labute approximate surface area is 401 Å². The molecule has 0 saturated carbocycles. The summed E-state index contributed by atoms with van der Waals surface area (Å²) in [6.45, 7) is 0. The SMILES string of the molecule is c1ccc(-c2ccc(-c3ccccc3N(c3ccc(-c4ccc(-c5ccccc5-n5c6ccccc6c6ccccc65)cc4)cc3)c3cccc(-c4cccc5c4oc4ccccc45)c3)cc2)cc1. The average Bonchev–Trinajstić information content (AvgIpc) is 3.98. The second-order valence-corrected chi connectivity index (χ2v) is 17.6. The molecule has 324 valence electrons. The van der Waals surface area contributed by atoms with Crippen molar-refractivity contribution in [3.05, 3.63) is 267 Å². The summed E-state index contributed by atoms with van der Waals surface area (Å²) in [4.78, 5) is 2.39. The van der Waals surface area contributed by atoms with Gasteiger partial charge in [-0.15, -0.1) is 0 Å². The summed E-state index contributed by atoms with van der Waals surface area (Å²) in [7, 11) is 0. The molecule has 13 aromatic rings. The van der Waals surface area contributed by atoms with Crippen molar-refractivity contribution in [3.8, 4) is 61.3 Å². The Hall–Kier alpha value is -9.18. The lowest BCUT2D eigenvalue weighted by atomic mass is 9.97. The van der Waals surface area contributed by atoms with Crippen molar-refractivity contribution in [1.82, 2.24) is 4.57 Å². The highest BCUT2D eigenvalue weighted by molar-refractivity contribution is 6.11. The summed E-state index contributed by atoms with van der Waals surface area (Å²) in [6.07, 6.45) is 0. The Morgan fingerprint density at radius 2 is 0.768 bits per heavy atom. The average molecular weight is 881 g/mol. The van der Waals surface area contributed by atoms with Crippen molar-refractivity contribution >= 4 is 60.8 Å². The van der Waals surface area contributed by atoms with Gasteiger partial charge in [0.2, 0.25) is 0 Å². The Balaban J connectivity index is 0.888. The summed E-state index contributed by atoms with van der Waals surface area (Å²) in [6, 6.07) is 96.0. The highest BCUT2D eigenvalue weighted by Gasteiger charge is 2.20. The Kier molecular flexibility index (Phi) is 9.84. The molecule has 11 aromatic carbocycles. The molecule has 0 saturated heterocycles. The van der Waals surface area contributed by atoms with Gasteiger partial charge in [0.25, 0.3) is 0 Å². The first-order chi connectivity index (χ1) is 34.2. The third kappa shape index (κ3) is 7.08. The molecule has 0 spiro atoms. The summed E-state index contributed by atoms with van der Waals surface area (Å²) < 4.78 is 8.96.